The van der Waals surface area contributed by atoms with E-state index in [0.717, 1.165) is 4.90 Å². The highest BCUT2D eigenvalue weighted by molar-refractivity contribution is 8.00. The molecule has 0 fully saturated rings. The molecular formula is C19H19FN2O4S. The first-order valence-corrected chi connectivity index (χ1v) is 9.44. The summed E-state index contributed by atoms with van der Waals surface area (Å²) >= 11 is 1.38. The molecule has 0 unspecified atom stereocenters. The molecular weight excluding hydrogens is 371 g/mol. The van der Waals surface area contributed by atoms with Gasteiger partial charge in [-0.2, -0.15) is 0 Å². The zero-order valence-electron chi connectivity index (χ0n) is 14.5. The van der Waals surface area contributed by atoms with Crippen LogP contribution in [0.15, 0.2) is 47.4 Å². The normalized spacial score (nSPS) is 12.3. The first-order chi connectivity index (χ1) is 13.1. The van der Waals surface area contributed by atoms with Crippen LogP contribution >= 0.6 is 11.8 Å². The summed E-state index contributed by atoms with van der Waals surface area (Å²) in [4.78, 5) is 24.7. The van der Waals surface area contributed by atoms with Crippen LogP contribution in [0.25, 0.3) is 0 Å². The summed E-state index contributed by atoms with van der Waals surface area (Å²) in [5, 5.41) is 5.28. The number of amides is 2. The van der Waals surface area contributed by atoms with Crippen molar-refractivity contribution in [3.63, 3.8) is 0 Å². The molecule has 0 saturated heterocycles. The molecule has 6 nitrogen and oxygen atoms in total. The maximum absolute atomic E-state index is 13.5. The van der Waals surface area contributed by atoms with Crippen LogP contribution in [-0.4, -0.2) is 43.9 Å². The molecule has 2 aromatic rings. The van der Waals surface area contributed by atoms with Crippen molar-refractivity contribution < 1.29 is 23.5 Å². The van der Waals surface area contributed by atoms with E-state index >= 15 is 0 Å². The Bertz CT molecular complexity index is 831. The monoisotopic (exact) mass is 390 g/mol. The Morgan fingerprint density at radius 2 is 1.74 bits per heavy atom. The van der Waals surface area contributed by atoms with Gasteiger partial charge in [-0.3, -0.25) is 9.59 Å². The maximum Gasteiger partial charge on any atom is 0.254 e. The summed E-state index contributed by atoms with van der Waals surface area (Å²) in [7, 11) is 0. The molecule has 2 amide bonds. The largest absolute Gasteiger partial charge is 0.486 e. The summed E-state index contributed by atoms with van der Waals surface area (Å²) in [6.45, 7) is 1.53. The lowest BCUT2D eigenvalue weighted by Gasteiger charge is -2.18. The standard InChI is InChI=1S/C19H19FN2O4S/c20-15-4-2-1-3-14(15)19(24)22-8-7-21-18(23)12-27-13-5-6-16-17(11-13)26-10-9-25-16/h1-6,11H,7-10,12H2,(H,21,23)(H,22,24). The molecule has 1 aliphatic heterocycles. The second-order valence-corrected chi connectivity index (χ2v) is 6.73. The SMILES string of the molecule is O=C(CSc1ccc2c(c1)OCCO2)NCCNC(=O)c1ccccc1F. The van der Waals surface area contributed by atoms with Gasteiger partial charge in [0.1, 0.15) is 19.0 Å². The van der Waals surface area contributed by atoms with Crippen molar-refractivity contribution in [3.8, 4) is 11.5 Å². The highest BCUT2D eigenvalue weighted by atomic mass is 32.2. The minimum atomic E-state index is -0.574. The van der Waals surface area contributed by atoms with Crippen molar-refractivity contribution in [2.45, 2.75) is 4.90 Å². The van der Waals surface area contributed by atoms with Gasteiger partial charge >= 0.3 is 0 Å². The summed E-state index contributed by atoms with van der Waals surface area (Å²) in [6, 6.07) is 11.3. The minimum absolute atomic E-state index is 0.0157. The van der Waals surface area contributed by atoms with Crippen molar-refractivity contribution in [1.29, 1.82) is 0 Å². The number of ether oxygens (including phenoxy) is 2. The Hall–Kier alpha value is -2.74. The van der Waals surface area contributed by atoms with E-state index in [-0.39, 0.29) is 30.3 Å². The third-order valence-corrected chi connectivity index (χ3v) is 4.73. The quantitative estimate of drug-likeness (QED) is 0.560. The van der Waals surface area contributed by atoms with E-state index in [9.17, 15) is 14.0 Å². The van der Waals surface area contributed by atoms with Crippen molar-refractivity contribution >= 4 is 23.6 Å². The highest BCUT2D eigenvalue weighted by Gasteiger charge is 2.13. The number of fused-ring (bicyclic) bond motifs is 1. The molecule has 2 aromatic carbocycles. The van der Waals surface area contributed by atoms with Crippen LogP contribution in [-0.2, 0) is 4.79 Å². The Balaban J connectivity index is 1.36. The maximum atomic E-state index is 13.5. The van der Waals surface area contributed by atoms with Gasteiger partial charge in [-0.1, -0.05) is 12.1 Å². The van der Waals surface area contributed by atoms with Crippen LogP contribution in [0.1, 0.15) is 10.4 Å². The van der Waals surface area contributed by atoms with Gasteiger partial charge in [0.05, 0.1) is 11.3 Å². The van der Waals surface area contributed by atoms with Crippen LogP contribution in [0.5, 0.6) is 11.5 Å². The van der Waals surface area contributed by atoms with Crippen LogP contribution < -0.4 is 20.1 Å². The topological polar surface area (TPSA) is 76.7 Å². The lowest BCUT2D eigenvalue weighted by atomic mass is 10.2. The molecule has 0 saturated carbocycles. The number of hydrogen-bond donors (Lipinski definition) is 2. The first-order valence-electron chi connectivity index (χ1n) is 8.45. The van der Waals surface area contributed by atoms with E-state index in [4.69, 9.17) is 9.47 Å². The highest BCUT2D eigenvalue weighted by Crippen LogP contribution is 2.34. The van der Waals surface area contributed by atoms with Crippen LogP contribution in [0, 0.1) is 5.82 Å². The molecule has 0 spiro atoms. The fraction of sp³-hybridized carbons (Fsp3) is 0.263. The van der Waals surface area contributed by atoms with Gasteiger partial charge in [0.2, 0.25) is 5.91 Å². The third-order valence-electron chi connectivity index (χ3n) is 3.73. The molecule has 0 aromatic heterocycles. The lowest BCUT2D eigenvalue weighted by Crippen LogP contribution is -2.35. The molecule has 0 aliphatic carbocycles. The van der Waals surface area contributed by atoms with Crippen LogP contribution in [0.4, 0.5) is 4.39 Å². The summed E-state index contributed by atoms with van der Waals surface area (Å²) in [6.07, 6.45) is 0. The van der Waals surface area contributed by atoms with Gasteiger partial charge in [-0.25, -0.2) is 4.39 Å². The van der Waals surface area contributed by atoms with E-state index in [0.29, 0.717) is 24.7 Å². The molecule has 3 rings (SSSR count). The summed E-state index contributed by atoms with van der Waals surface area (Å²) in [5.41, 5.74) is -0.0157. The van der Waals surface area contributed by atoms with Gasteiger partial charge in [0.25, 0.3) is 5.91 Å². The van der Waals surface area contributed by atoms with Crippen LogP contribution in [0.2, 0.25) is 0 Å². The van der Waals surface area contributed by atoms with Gasteiger partial charge < -0.3 is 20.1 Å². The summed E-state index contributed by atoms with van der Waals surface area (Å²) in [5.74, 6) is 0.391. The second kappa shape index (κ2) is 9.27. The molecule has 1 aliphatic rings. The van der Waals surface area contributed by atoms with E-state index in [2.05, 4.69) is 10.6 Å². The van der Waals surface area contributed by atoms with E-state index < -0.39 is 11.7 Å². The van der Waals surface area contributed by atoms with E-state index in [1.807, 2.05) is 18.2 Å². The van der Waals surface area contributed by atoms with E-state index in [1.165, 1.54) is 30.0 Å². The second-order valence-electron chi connectivity index (χ2n) is 5.68. The molecule has 0 radical (unpaired) electrons. The molecule has 0 bridgehead atoms. The number of carbonyl (C=O) groups is 2. The summed E-state index contributed by atoms with van der Waals surface area (Å²) < 4.78 is 24.5. The number of nitrogens with one attached hydrogen (secondary N) is 2. The zero-order chi connectivity index (χ0) is 19.1. The zero-order valence-corrected chi connectivity index (χ0v) is 15.3. The average Bonchev–Trinajstić information content (AvgIpc) is 2.69. The van der Waals surface area contributed by atoms with Gasteiger partial charge in [0.15, 0.2) is 11.5 Å². The smallest absolute Gasteiger partial charge is 0.254 e. The molecule has 142 valence electrons. The minimum Gasteiger partial charge on any atom is -0.486 e. The number of rotatable bonds is 7. The fourth-order valence-corrected chi connectivity index (χ4v) is 3.19. The van der Waals surface area contributed by atoms with Crippen molar-refractivity contribution in [2.75, 3.05) is 32.1 Å². The van der Waals surface area contributed by atoms with Gasteiger partial charge in [-0.15, -0.1) is 11.8 Å². The predicted molar refractivity (Wildman–Crippen MR) is 99.9 cm³/mol. The Morgan fingerprint density at radius 1 is 1.00 bits per heavy atom. The number of hydrogen-bond acceptors (Lipinski definition) is 5. The first kappa shape index (κ1) is 19.0. The van der Waals surface area contributed by atoms with Gasteiger partial charge in [-0.05, 0) is 30.3 Å². The molecule has 8 heteroatoms. The number of halogens is 1. The molecule has 1 heterocycles. The van der Waals surface area contributed by atoms with Crippen LogP contribution in [0.3, 0.4) is 0 Å². The number of thioether (sulfide) groups is 1. The molecule has 2 N–H and O–H groups in total. The Morgan fingerprint density at radius 3 is 2.56 bits per heavy atom. The van der Waals surface area contributed by atoms with Gasteiger partial charge in [0, 0.05) is 18.0 Å². The van der Waals surface area contributed by atoms with Crippen molar-refractivity contribution in [2.24, 2.45) is 0 Å². The third kappa shape index (κ3) is 5.37. The van der Waals surface area contributed by atoms with E-state index in [1.54, 1.807) is 6.07 Å². The average molecular weight is 390 g/mol. The Labute approximate surface area is 160 Å². The molecule has 27 heavy (non-hydrogen) atoms. The predicted octanol–water partition coefficient (Wildman–Crippen LogP) is 2.24. The lowest BCUT2D eigenvalue weighted by molar-refractivity contribution is -0.118. The fourth-order valence-electron chi connectivity index (χ4n) is 2.43. The number of benzene rings is 2. The van der Waals surface area contributed by atoms with Crippen molar-refractivity contribution in [1.82, 2.24) is 10.6 Å². The molecule has 0 atom stereocenters. The Kier molecular flexibility index (Phi) is 6.54. The number of carbonyl (C=O) groups excluding carboxylic acids is 2. The van der Waals surface area contributed by atoms with Crippen molar-refractivity contribution in [3.05, 3.63) is 53.8 Å².